The number of nitrogens with one attached hydrogen (secondary N) is 1. The lowest BCUT2D eigenvalue weighted by atomic mass is 10.1. The molecule has 0 saturated heterocycles. The van der Waals surface area contributed by atoms with Crippen LogP contribution < -0.4 is 10.2 Å². The molecule has 1 unspecified atom stereocenters. The molecular weight excluding hydrogens is 304 g/mol. The molecule has 1 aliphatic carbocycles. The second-order valence-electron chi connectivity index (χ2n) is 7.06. The number of rotatable bonds is 4. The van der Waals surface area contributed by atoms with Gasteiger partial charge in [-0.25, -0.2) is 4.79 Å². The van der Waals surface area contributed by atoms with Crippen LogP contribution in [-0.2, 0) is 6.42 Å². The van der Waals surface area contributed by atoms with Gasteiger partial charge in [0, 0.05) is 24.6 Å². The Hall–Kier alpha value is -2.37. The van der Waals surface area contributed by atoms with Gasteiger partial charge in [0.25, 0.3) is 0 Å². The number of benzene rings is 1. The number of urea groups is 1. The van der Waals surface area contributed by atoms with E-state index in [9.17, 15) is 4.79 Å². The van der Waals surface area contributed by atoms with E-state index in [1.54, 1.807) is 4.90 Å². The van der Waals surface area contributed by atoms with Gasteiger partial charge in [-0.15, -0.1) is 0 Å². The third-order valence-electron chi connectivity index (χ3n) is 4.54. The minimum Gasteiger partial charge on any atom is -0.337 e. The maximum absolute atomic E-state index is 12.8. The molecule has 4 rings (SSSR count). The third kappa shape index (κ3) is 2.77. The Balaban J connectivity index is 1.63. The van der Waals surface area contributed by atoms with Crippen molar-refractivity contribution >= 4 is 11.7 Å². The summed E-state index contributed by atoms with van der Waals surface area (Å²) in [5.41, 5.74) is 2.06. The number of aromatic nitrogens is 2. The Labute approximate surface area is 141 Å². The molecule has 2 aromatic rings. The van der Waals surface area contributed by atoms with Crippen molar-refractivity contribution in [3.63, 3.8) is 0 Å². The van der Waals surface area contributed by atoms with E-state index >= 15 is 0 Å². The highest BCUT2D eigenvalue weighted by molar-refractivity contribution is 5.95. The normalized spacial score (nSPS) is 19.6. The molecule has 6 nitrogen and oxygen atoms in total. The lowest BCUT2D eigenvalue weighted by Crippen LogP contribution is -2.42. The molecule has 126 valence electrons. The molecule has 2 amide bonds. The predicted octanol–water partition coefficient (Wildman–Crippen LogP) is 3.42. The number of nitrogens with zero attached hydrogens (tertiary/aromatic N) is 3. The van der Waals surface area contributed by atoms with E-state index in [1.165, 1.54) is 0 Å². The van der Waals surface area contributed by atoms with Crippen LogP contribution in [0.25, 0.3) is 0 Å². The van der Waals surface area contributed by atoms with Crippen LogP contribution in [0, 0.1) is 5.92 Å². The van der Waals surface area contributed by atoms with E-state index in [0.29, 0.717) is 30.7 Å². The van der Waals surface area contributed by atoms with Crippen molar-refractivity contribution in [1.29, 1.82) is 0 Å². The quantitative estimate of drug-likeness (QED) is 0.934. The lowest BCUT2D eigenvalue weighted by molar-refractivity contribution is 0.241. The Bertz CT molecular complexity index is 751. The zero-order valence-electron chi connectivity index (χ0n) is 14.0. The predicted molar refractivity (Wildman–Crippen MR) is 89.9 cm³/mol. The molecule has 0 bridgehead atoms. The highest BCUT2D eigenvalue weighted by atomic mass is 16.5. The number of carbonyl (C=O) groups excluding carboxylic acids is 1. The maximum atomic E-state index is 12.8. The van der Waals surface area contributed by atoms with E-state index < -0.39 is 0 Å². The fourth-order valence-electron chi connectivity index (χ4n) is 3.10. The van der Waals surface area contributed by atoms with Gasteiger partial charge < -0.3 is 9.84 Å². The first kappa shape index (κ1) is 15.2. The minimum atomic E-state index is -0.227. The van der Waals surface area contributed by atoms with Gasteiger partial charge in [-0.3, -0.25) is 4.90 Å². The molecule has 0 radical (unpaired) electrons. The topological polar surface area (TPSA) is 71.3 Å². The molecule has 24 heavy (non-hydrogen) atoms. The number of hydrogen-bond acceptors (Lipinski definition) is 4. The standard InChI is InChI=1S/C18H22N4O2/c1-11(2)10-19-18(23)22-14-6-4-3-5-13(14)9-15(22)17-20-16(21-24-17)12-7-8-12/h3-6,11-12,15H,7-10H2,1-2H3,(H,19,23). The van der Waals surface area contributed by atoms with E-state index in [0.717, 1.165) is 29.9 Å². The van der Waals surface area contributed by atoms with Crippen molar-refractivity contribution in [3.05, 3.63) is 41.5 Å². The zero-order chi connectivity index (χ0) is 16.7. The van der Waals surface area contributed by atoms with Crippen molar-refractivity contribution in [2.24, 2.45) is 5.92 Å². The summed E-state index contributed by atoms with van der Waals surface area (Å²) >= 11 is 0. The number of carbonyl (C=O) groups is 1. The van der Waals surface area contributed by atoms with Crippen molar-refractivity contribution in [1.82, 2.24) is 15.5 Å². The molecule has 1 fully saturated rings. The van der Waals surface area contributed by atoms with Gasteiger partial charge in [0.05, 0.1) is 0 Å². The summed E-state index contributed by atoms with van der Waals surface area (Å²) in [5, 5.41) is 7.11. The zero-order valence-corrected chi connectivity index (χ0v) is 14.0. The smallest absolute Gasteiger partial charge is 0.322 e. The van der Waals surface area contributed by atoms with Crippen LogP contribution in [0.1, 0.15) is 55.9 Å². The number of amides is 2. The van der Waals surface area contributed by atoms with Crippen LogP contribution >= 0.6 is 0 Å². The number of fused-ring (bicyclic) bond motifs is 1. The molecule has 1 atom stereocenters. The first-order valence-electron chi connectivity index (χ1n) is 8.62. The van der Waals surface area contributed by atoms with E-state index in [2.05, 4.69) is 35.4 Å². The third-order valence-corrected chi connectivity index (χ3v) is 4.54. The second kappa shape index (κ2) is 5.92. The van der Waals surface area contributed by atoms with Crippen LogP contribution in [0.4, 0.5) is 10.5 Å². The summed E-state index contributed by atoms with van der Waals surface area (Å²) in [5.74, 6) is 2.15. The van der Waals surface area contributed by atoms with Crippen molar-refractivity contribution in [3.8, 4) is 0 Å². The first-order chi connectivity index (χ1) is 11.6. The molecule has 1 aromatic carbocycles. The van der Waals surface area contributed by atoms with Crippen molar-refractivity contribution in [2.75, 3.05) is 11.4 Å². The number of anilines is 1. The Morgan fingerprint density at radius 3 is 2.92 bits per heavy atom. The van der Waals surface area contributed by atoms with E-state index in [4.69, 9.17) is 4.52 Å². The summed E-state index contributed by atoms with van der Waals surface area (Å²) in [6.07, 6.45) is 2.96. The Morgan fingerprint density at radius 2 is 2.17 bits per heavy atom. The van der Waals surface area contributed by atoms with E-state index in [1.807, 2.05) is 18.2 Å². The molecule has 1 aromatic heterocycles. The molecule has 1 aliphatic heterocycles. The monoisotopic (exact) mass is 326 g/mol. The molecular formula is C18H22N4O2. The highest BCUT2D eigenvalue weighted by Gasteiger charge is 2.39. The van der Waals surface area contributed by atoms with Gasteiger partial charge in [0.15, 0.2) is 5.82 Å². The Kier molecular flexibility index (Phi) is 3.75. The largest absolute Gasteiger partial charge is 0.337 e. The summed E-state index contributed by atoms with van der Waals surface area (Å²) in [6.45, 7) is 4.80. The first-order valence-corrected chi connectivity index (χ1v) is 8.62. The summed E-state index contributed by atoms with van der Waals surface area (Å²) in [4.78, 5) is 19.1. The second-order valence-corrected chi connectivity index (χ2v) is 7.06. The van der Waals surface area contributed by atoms with Crippen LogP contribution in [0.15, 0.2) is 28.8 Å². The minimum absolute atomic E-state index is 0.107. The maximum Gasteiger partial charge on any atom is 0.322 e. The van der Waals surface area contributed by atoms with Crippen LogP contribution in [0.3, 0.4) is 0 Å². The summed E-state index contributed by atoms with van der Waals surface area (Å²) < 4.78 is 5.50. The van der Waals surface area contributed by atoms with Gasteiger partial charge in [0.2, 0.25) is 5.89 Å². The SMILES string of the molecule is CC(C)CNC(=O)N1c2ccccc2CC1c1nc(C2CC2)no1. The fraction of sp³-hybridized carbons (Fsp3) is 0.500. The average molecular weight is 326 g/mol. The van der Waals surface area contributed by atoms with Crippen molar-refractivity contribution in [2.45, 2.75) is 45.1 Å². The molecule has 2 aliphatic rings. The molecule has 1 N–H and O–H groups in total. The van der Waals surface area contributed by atoms with E-state index in [-0.39, 0.29) is 12.1 Å². The molecule has 6 heteroatoms. The number of para-hydroxylation sites is 1. The van der Waals surface area contributed by atoms with Gasteiger partial charge in [-0.2, -0.15) is 4.98 Å². The van der Waals surface area contributed by atoms with Gasteiger partial charge in [-0.1, -0.05) is 37.2 Å². The van der Waals surface area contributed by atoms with Gasteiger partial charge >= 0.3 is 6.03 Å². The summed E-state index contributed by atoms with van der Waals surface area (Å²) in [7, 11) is 0. The number of hydrogen-bond donors (Lipinski definition) is 1. The lowest BCUT2D eigenvalue weighted by Gasteiger charge is -2.24. The van der Waals surface area contributed by atoms with Crippen LogP contribution in [0.5, 0.6) is 0 Å². The molecule has 1 saturated carbocycles. The Morgan fingerprint density at radius 1 is 1.38 bits per heavy atom. The van der Waals surface area contributed by atoms with Gasteiger partial charge in [-0.05, 0) is 30.4 Å². The molecule has 0 spiro atoms. The fourth-order valence-corrected chi connectivity index (χ4v) is 3.10. The van der Waals surface area contributed by atoms with Crippen molar-refractivity contribution < 1.29 is 9.32 Å². The van der Waals surface area contributed by atoms with Crippen LogP contribution in [0.2, 0.25) is 0 Å². The highest BCUT2D eigenvalue weighted by Crippen LogP contribution is 2.42. The summed E-state index contributed by atoms with van der Waals surface area (Å²) in [6, 6.07) is 7.64. The molecule has 2 heterocycles. The van der Waals surface area contributed by atoms with Crippen LogP contribution in [-0.4, -0.2) is 22.7 Å². The average Bonchev–Trinajstić information content (AvgIpc) is 3.18. The van der Waals surface area contributed by atoms with Gasteiger partial charge in [0.1, 0.15) is 6.04 Å².